The summed E-state index contributed by atoms with van der Waals surface area (Å²) in [4.78, 5) is 12.4. The van der Waals surface area contributed by atoms with Gasteiger partial charge in [0.2, 0.25) is 0 Å². The summed E-state index contributed by atoms with van der Waals surface area (Å²) in [5.41, 5.74) is 0.0626. The predicted octanol–water partition coefficient (Wildman–Crippen LogP) is 2.86. The fourth-order valence-corrected chi connectivity index (χ4v) is 1.70. The van der Waals surface area contributed by atoms with Gasteiger partial charge < -0.3 is 10.2 Å². The average Bonchev–Trinajstić information content (AvgIpc) is 2.32. The summed E-state index contributed by atoms with van der Waals surface area (Å²) < 4.78 is 13.4. The van der Waals surface area contributed by atoms with Gasteiger partial charge in [-0.05, 0) is 29.5 Å². The van der Waals surface area contributed by atoms with Crippen molar-refractivity contribution in [2.45, 2.75) is 6.92 Å². The molecule has 5 nitrogen and oxygen atoms in total. The van der Waals surface area contributed by atoms with Crippen molar-refractivity contribution < 1.29 is 9.31 Å². The van der Waals surface area contributed by atoms with Crippen molar-refractivity contribution in [1.29, 1.82) is 0 Å². The van der Waals surface area contributed by atoms with Crippen LogP contribution in [-0.4, -0.2) is 36.5 Å². The van der Waals surface area contributed by atoms with Gasteiger partial charge in [0.05, 0.1) is 9.40 Å². The molecule has 0 saturated carbocycles. The van der Waals surface area contributed by atoms with E-state index in [0.29, 0.717) is 6.54 Å². The number of nitro groups is 1. The summed E-state index contributed by atoms with van der Waals surface area (Å²) in [6.07, 6.45) is 0. The molecule has 0 saturated heterocycles. The van der Waals surface area contributed by atoms with Crippen LogP contribution in [0.5, 0.6) is 0 Å². The number of likely N-dealkylation sites (N-methyl/N-ethyl adjacent to an activating group) is 1. The van der Waals surface area contributed by atoms with E-state index in [1.54, 1.807) is 0 Å². The van der Waals surface area contributed by atoms with Gasteiger partial charge in [-0.3, -0.25) is 10.1 Å². The number of rotatable bonds is 6. The second-order valence-corrected chi connectivity index (χ2v) is 4.72. The van der Waals surface area contributed by atoms with Crippen LogP contribution in [0.3, 0.4) is 0 Å². The van der Waals surface area contributed by atoms with Crippen LogP contribution < -0.4 is 5.32 Å². The Morgan fingerprint density at radius 3 is 2.78 bits per heavy atom. The van der Waals surface area contributed by atoms with Gasteiger partial charge in [-0.2, -0.15) is 0 Å². The van der Waals surface area contributed by atoms with Crippen LogP contribution in [0.15, 0.2) is 16.6 Å². The second kappa shape index (κ2) is 6.65. The van der Waals surface area contributed by atoms with Gasteiger partial charge in [-0.15, -0.1) is 0 Å². The van der Waals surface area contributed by atoms with E-state index >= 15 is 0 Å². The molecule has 18 heavy (non-hydrogen) atoms. The second-order valence-electron chi connectivity index (χ2n) is 3.86. The Bertz CT molecular complexity index is 443. The molecule has 1 N–H and O–H groups in total. The lowest BCUT2D eigenvalue weighted by molar-refractivity contribution is -0.384. The Balaban J connectivity index is 2.80. The molecular formula is C11H15BrFN3O2. The van der Waals surface area contributed by atoms with E-state index in [0.717, 1.165) is 19.2 Å². The highest BCUT2D eigenvalue weighted by atomic mass is 79.9. The van der Waals surface area contributed by atoms with Crippen molar-refractivity contribution in [2.75, 3.05) is 32.0 Å². The highest BCUT2D eigenvalue weighted by Gasteiger charge is 2.17. The lowest BCUT2D eigenvalue weighted by Crippen LogP contribution is -2.24. The maximum Gasteiger partial charge on any atom is 0.293 e. The van der Waals surface area contributed by atoms with E-state index in [1.165, 1.54) is 6.07 Å². The van der Waals surface area contributed by atoms with Gasteiger partial charge in [0.25, 0.3) is 5.69 Å². The smallest absolute Gasteiger partial charge is 0.293 e. The normalized spacial score (nSPS) is 10.7. The largest absolute Gasteiger partial charge is 0.378 e. The Morgan fingerprint density at radius 1 is 1.56 bits per heavy atom. The number of nitro benzene ring substituents is 1. The first-order valence-electron chi connectivity index (χ1n) is 5.51. The number of hydrogen-bond acceptors (Lipinski definition) is 4. The molecule has 0 aromatic heterocycles. The molecule has 0 fully saturated rings. The highest BCUT2D eigenvalue weighted by Crippen LogP contribution is 2.30. The van der Waals surface area contributed by atoms with E-state index in [4.69, 9.17) is 0 Å². The van der Waals surface area contributed by atoms with Gasteiger partial charge in [-0.25, -0.2) is 4.39 Å². The first-order valence-corrected chi connectivity index (χ1v) is 6.30. The minimum absolute atomic E-state index is 0.0884. The van der Waals surface area contributed by atoms with Gasteiger partial charge in [-0.1, -0.05) is 6.92 Å². The van der Waals surface area contributed by atoms with Crippen LogP contribution in [0.4, 0.5) is 15.8 Å². The van der Waals surface area contributed by atoms with Gasteiger partial charge >= 0.3 is 0 Å². The standard InChI is InChI=1S/C11H15BrFN3O2/c1-3-15(2)5-4-14-10-7-9(13)8(12)6-11(10)16(17)18/h6-7,14H,3-5H2,1-2H3. The van der Waals surface area contributed by atoms with E-state index in [9.17, 15) is 14.5 Å². The van der Waals surface area contributed by atoms with Gasteiger partial charge in [0, 0.05) is 25.2 Å². The Morgan fingerprint density at radius 2 is 2.22 bits per heavy atom. The fraction of sp³-hybridized carbons (Fsp3) is 0.455. The number of benzene rings is 1. The molecule has 0 bridgehead atoms. The number of nitrogens with one attached hydrogen (secondary N) is 1. The van der Waals surface area contributed by atoms with E-state index in [-0.39, 0.29) is 15.8 Å². The highest BCUT2D eigenvalue weighted by molar-refractivity contribution is 9.10. The van der Waals surface area contributed by atoms with E-state index in [2.05, 4.69) is 21.2 Å². The summed E-state index contributed by atoms with van der Waals surface area (Å²) in [6, 6.07) is 2.30. The zero-order valence-corrected chi connectivity index (χ0v) is 11.8. The molecule has 1 aromatic carbocycles. The van der Waals surface area contributed by atoms with Crippen molar-refractivity contribution in [3.05, 3.63) is 32.5 Å². The molecule has 7 heteroatoms. The lowest BCUT2D eigenvalue weighted by Gasteiger charge is -2.14. The molecule has 1 aromatic rings. The molecule has 0 radical (unpaired) electrons. The average molecular weight is 320 g/mol. The molecule has 0 unspecified atom stereocenters. The lowest BCUT2D eigenvalue weighted by atomic mass is 10.2. The predicted molar refractivity (Wildman–Crippen MR) is 72.4 cm³/mol. The number of anilines is 1. The summed E-state index contributed by atoms with van der Waals surface area (Å²) >= 11 is 2.94. The van der Waals surface area contributed by atoms with Crippen molar-refractivity contribution in [3.8, 4) is 0 Å². The van der Waals surface area contributed by atoms with Crippen molar-refractivity contribution in [1.82, 2.24) is 4.90 Å². The minimum atomic E-state index is -0.532. The summed E-state index contributed by atoms with van der Waals surface area (Å²) in [5.74, 6) is -0.521. The maximum absolute atomic E-state index is 13.4. The number of halogens is 2. The Labute approximate surface area is 113 Å². The molecule has 0 heterocycles. The molecular weight excluding hydrogens is 305 g/mol. The topological polar surface area (TPSA) is 58.4 Å². The van der Waals surface area contributed by atoms with Crippen LogP contribution in [0.1, 0.15) is 6.92 Å². The van der Waals surface area contributed by atoms with E-state index < -0.39 is 10.7 Å². The summed E-state index contributed by atoms with van der Waals surface area (Å²) in [5, 5.41) is 13.7. The molecule has 0 amide bonds. The van der Waals surface area contributed by atoms with Crippen LogP contribution in [0.25, 0.3) is 0 Å². The first kappa shape index (κ1) is 14.8. The third-order valence-electron chi connectivity index (χ3n) is 2.58. The summed E-state index contributed by atoms with van der Waals surface area (Å²) in [7, 11) is 1.94. The fourth-order valence-electron chi connectivity index (χ4n) is 1.37. The van der Waals surface area contributed by atoms with Gasteiger partial charge in [0.1, 0.15) is 11.5 Å². The Kier molecular flexibility index (Phi) is 5.49. The SMILES string of the molecule is CCN(C)CCNc1cc(F)c(Br)cc1[N+](=O)[O-]. The van der Waals surface area contributed by atoms with Crippen molar-refractivity contribution in [3.63, 3.8) is 0 Å². The monoisotopic (exact) mass is 319 g/mol. The zero-order chi connectivity index (χ0) is 13.7. The maximum atomic E-state index is 13.4. The molecule has 0 spiro atoms. The Hall–Kier alpha value is -1.21. The quantitative estimate of drug-likeness (QED) is 0.647. The summed E-state index contributed by atoms with van der Waals surface area (Å²) in [6.45, 7) is 4.15. The van der Waals surface area contributed by atoms with Crippen molar-refractivity contribution >= 4 is 27.3 Å². The molecule has 100 valence electrons. The third-order valence-corrected chi connectivity index (χ3v) is 3.19. The molecule has 0 aliphatic rings. The first-order chi connectivity index (χ1) is 8.45. The zero-order valence-electron chi connectivity index (χ0n) is 10.2. The molecule has 1 rings (SSSR count). The minimum Gasteiger partial charge on any atom is -0.378 e. The van der Waals surface area contributed by atoms with Crippen molar-refractivity contribution in [2.24, 2.45) is 0 Å². The van der Waals surface area contributed by atoms with Crippen LogP contribution >= 0.6 is 15.9 Å². The van der Waals surface area contributed by atoms with Crippen LogP contribution in [-0.2, 0) is 0 Å². The number of hydrogen-bond donors (Lipinski definition) is 1. The van der Waals surface area contributed by atoms with Crippen LogP contribution in [0.2, 0.25) is 0 Å². The van der Waals surface area contributed by atoms with Crippen LogP contribution in [0, 0.1) is 15.9 Å². The molecule has 0 aliphatic heterocycles. The molecule has 0 aliphatic carbocycles. The third kappa shape index (κ3) is 3.92. The van der Waals surface area contributed by atoms with E-state index in [1.807, 2.05) is 18.9 Å². The van der Waals surface area contributed by atoms with Gasteiger partial charge in [0.15, 0.2) is 0 Å². The molecule has 0 atom stereocenters. The number of nitrogens with zero attached hydrogens (tertiary/aromatic N) is 2.